The number of fused-ring (bicyclic) bond motifs is 5. The van der Waals surface area contributed by atoms with Crippen molar-refractivity contribution in [3.63, 3.8) is 0 Å². The van der Waals surface area contributed by atoms with E-state index in [1.807, 2.05) is 0 Å². The molecule has 2 nitrogen and oxygen atoms in total. The minimum absolute atomic E-state index is 0.212. The van der Waals surface area contributed by atoms with Crippen molar-refractivity contribution < 1.29 is 0 Å². The molecule has 0 saturated carbocycles. The van der Waals surface area contributed by atoms with Crippen molar-refractivity contribution in [2.45, 2.75) is 41.9 Å². The fraction of sp³-hybridized carbons (Fsp3) is 0.240. The summed E-state index contributed by atoms with van der Waals surface area (Å²) in [5.74, 6) is 0. The maximum absolute atomic E-state index is 2.54. The van der Waals surface area contributed by atoms with Gasteiger partial charge in [-0.25, -0.2) is 10.0 Å². The number of thiol groups is 1. The van der Waals surface area contributed by atoms with E-state index in [4.69, 9.17) is 0 Å². The first-order valence-corrected chi connectivity index (χ1v) is 26.1. The van der Waals surface area contributed by atoms with E-state index in [1.54, 1.807) is 0 Å². The molecule has 6 aromatic rings. The lowest BCUT2D eigenvalue weighted by Gasteiger charge is -2.47. The zero-order valence-electron chi connectivity index (χ0n) is 33.5. The van der Waals surface area contributed by atoms with Crippen molar-refractivity contribution in [1.82, 2.24) is 0 Å². The van der Waals surface area contributed by atoms with E-state index in [-0.39, 0.29) is 5.41 Å². The summed E-state index contributed by atoms with van der Waals surface area (Å²) in [7, 11) is -2.73. The van der Waals surface area contributed by atoms with Crippen LogP contribution in [0.4, 0.5) is 34.1 Å². The second-order valence-corrected chi connectivity index (χ2v) is 30.1. The molecule has 0 unspecified atom stereocenters. The highest BCUT2D eigenvalue weighted by molar-refractivity contribution is 8.47. The largest absolute Gasteiger partial charge is 0.310 e. The molecule has 54 heavy (non-hydrogen) atoms. The summed E-state index contributed by atoms with van der Waals surface area (Å²) >= 11 is 0. The second-order valence-electron chi connectivity index (χ2n) is 18.3. The maximum atomic E-state index is 2.54. The Hall–Kier alpha value is -4.64. The van der Waals surface area contributed by atoms with Gasteiger partial charge in [0.2, 0.25) is 0 Å². The first-order chi connectivity index (χ1) is 25.6. The van der Waals surface area contributed by atoms with Gasteiger partial charge in [-0.3, -0.25) is 9.16 Å². The number of allylic oxidation sites excluding steroid dienone is 1. The number of nitrogens with zero attached hydrogens (tertiary/aromatic N) is 2. The smallest absolute Gasteiger partial charge is 0.0503 e. The molecular formula is C50H56N2S2. The summed E-state index contributed by atoms with van der Waals surface area (Å²) in [5.41, 5.74) is 15.3. The minimum Gasteiger partial charge on any atom is -0.310 e. The standard InChI is InChI=1S/C50H56N2S2/c1-50(2)46-34-40(51(36-18-12-10-13-19-36)38-26-31-42(32-27-38)54(6,7,8)9)28-33-45(46)49-44-23-17-16-22-43(44)48(35-47(49)50)52(37-20-14-11-15-21-37)39-24-29-41(30-25-39)53(3,4)5/h10-15,17-21,23-35,54H,16,22H2,1-9H3. The summed E-state index contributed by atoms with van der Waals surface area (Å²) in [4.78, 5) is 7.81. The van der Waals surface area contributed by atoms with Gasteiger partial charge in [0.05, 0.1) is 5.69 Å². The number of hydrogen-bond acceptors (Lipinski definition) is 2. The number of para-hydroxylation sites is 2. The Bertz CT molecular complexity index is 2370. The molecule has 6 aromatic carbocycles. The fourth-order valence-electron chi connectivity index (χ4n) is 8.37. The fourth-order valence-corrected chi connectivity index (χ4v) is 10.7. The third kappa shape index (κ3) is 6.48. The molecule has 0 heterocycles. The van der Waals surface area contributed by atoms with Crippen LogP contribution < -0.4 is 9.80 Å². The van der Waals surface area contributed by atoms with Crippen LogP contribution in [-0.4, -0.2) is 43.8 Å². The van der Waals surface area contributed by atoms with Crippen LogP contribution in [0.25, 0.3) is 17.2 Å². The van der Waals surface area contributed by atoms with Crippen LogP contribution in [-0.2, 0) is 11.8 Å². The van der Waals surface area contributed by atoms with Crippen LogP contribution in [0, 0.1) is 0 Å². The number of anilines is 6. The van der Waals surface area contributed by atoms with Crippen molar-refractivity contribution in [2.24, 2.45) is 0 Å². The van der Waals surface area contributed by atoms with Gasteiger partial charge in [-0.05, 0) is 191 Å². The van der Waals surface area contributed by atoms with Crippen LogP contribution >= 0.6 is 19.2 Å². The molecule has 2 aliphatic rings. The van der Waals surface area contributed by atoms with Gasteiger partial charge in [0, 0.05) is 33.9 Å². The third-order valence-electron chi connectivity index (χ3n) is 11.4. The van der Waals surface area contributed by atoms with Crippen molar-refractivity contribution >= 4 is 59.4 Å². The molecule has 0 atom stereocenters. The number of benzene rings is 6. The molecule has 0 aromatic heterocycles. The Kier molecular flexibility index (Phi) is 8.75. The molecule has 0 spiro atoms. The molecule has 0 amide bonds. The monoisotopic (exact) mass is 748 g/mol. The van der Waals surface area contributed by atoms with Gasteiger partial charge in [0.1, 0.15) is 0 Å². The highest BCUT2D eigenvalue weighted by Gasteiger charge is 2.40. The van der Waals surface area contributed by atoms with Crippen LogP contribution in [0.3, 0.4) is 0 Å². The lowest BCUT2D eigenvalue weighted by Crippen LogP contribution is -2.19. The number of rotatable bonds is 8. The first kappa shape index (κ1) is 36.3. The van der Waals surface area contributed by atoms with Crippen LogP contribution in [0.1, 0.15) is 42.5 Å². The maximum Gasteiger partial charge on any atom is 0.0503 e. The Balaban J connectivity index is 1.29. The van der Waals surface area contributed by atoms with Crippen molar-refractivity contribution in [1.29, 1.82) is 0 Å². The highest BCUT2D eigenvalue weighted by atomic mass is 32.3. The van der Waals surface area contributed by atoms with Crippen LogP contribution in [0.2, 0.25) is 0 Å². The quantitative estimate of drug-likeness (QED) is 0.155. The van der Waals surface area contributed by atoms with E-state index in [9.17, 15) is 0 Å². The molecule has 0 N–H and O–H groups in total. The van der Waals surface area contributed by atoms with E-state index in [0.29, 0.717) is 0 Å². The zero-order chi connectivity index (χ0) is 38.1. The Morgan fingerprint density at radius 3 is 1.70 bits per heavy atom. The van der Waals surface area contributed by atoms with Gasteiger partial charge in [-0.2, -0.15) is 0 Å². The van der Waals surface area contributed by atoms with Gasteiger partial charge in [0.25, 0.3) is 0 Å². The van der Waals surface area contributed by atoms with Gasteiger partial charge < -0.3 is 9.80 Å². The van der Waals surface area contributed by atoms with E-state index in [1.165, 1.54) is 71.6 Å². The highest BCUT2D eigenvalue weighted by Crippen LogP contribution is 2.63. The molecule has 0 fully saturated rings. The average Bonchev–Trinajstić information content (AvgIpc) is 3.37. The predicted octanol–water partition coefficient (Wildman–Crippen LogP) is 13.9. The van der Waals surface area contributed by atoms with Crippen molar-refractivity contribution in [3.8, 4) is 11.1 Å². The predicted molar refractivity (Wildman–Crippen MR) is 245 cm³/mol. The SMILES string of the molecule is CC1(C)c2cc(N(c3ccccc3)c3ccc([SH](C)(C)(C)C)cc3)ccc2-c2c1cc(N(c1ccccc1)c1ccc(S(C)(C)C)cc1)c1c2C=CCC1. The van der Waals surface area contributed by atoms with Crippen molar-refractivity contribution in [3.05, 3.63) is 162 Å². The lowest BCUT2D eigenvalue weighted by atomic mass is 9.80. The summed E-state index contributed by atoms with van der Waals surface area (Å²) < 4.78 is 0. The molecule has 8 rings (SSSR count). The van der Waals surface area contributed by atoms with Crippen LogP contribution in [0.15, 0.2) is 149 Å². The third-order valence-corrected chi connectivity index (χ3v) is 15.4. The van der Waals surface area contributed by atoms with E-state index in [2.05, 4.69) is 213 Å². The molecule has 0 radical (unpaired) electrons. The number of hydrogen-bond donors (Lipinski definition) is 1. The summed E-state index contributed by atoms with van der Waals surface area (Å²) in [6.07, 6.45) is 23.7. The Morgan fingerprint density at radius 1 is 0.574 bits per heavy atom. The minimum atomic E-state index is -1.90. The lowest BCUT2D eigenvalue weighted by molar-refractivity contribution is 0.660. The van der Waals surface area contributed by atoms with Gasteiger partial charge in [0.15, 0.2) is 0 Å². The molecule has 278 valence electrons. The molecule has 2 aliphatic carbocycles. The molecular weight excluding hydrogens is 693 g/mol. The van der Waals surface area contributed by atoms with Gasteiger partial charge in [-0.1, -0.05) is 68.5 Å². The second kappa shape index (κ2) is 13.0. The summed E-state index contributed by atoms with van der Waals surface area (Å²) in [5, 5.41) is 0. The first-order valence-electron chi connectivity index (χ1n) is 19.2. The van der Waals surface area contributed by atoms with Gasteiger partial charge in [-0.15, -0.1) is 0 Å². The topological polar surface area (TPSA) is 6.48 Å². The molecule has 0 bridgehead atoms. The van der Waals surface area contributed by atoms with E-state index in [0.717, 1.165) is 18.5 Å². The molecule has 0 aliphatic heterocycles. The van der Waals surface area contributed by atoms with E-state index < -0.39 is 19.2 Å². The molecule has 0 saturated heterocycles. The average molecular weight is 749 g/mol. The van der Waals surface area contributed by atoms with E-state index >= 15 is 0 Å². The van der Waals surface area contributed by atoms with Crippen molar-refractivity contribution in [2.75, 3.05) is 53.6 Å². The Labute approximate surface area is 326 Å². The molecule has 4 heteroatoms. The normalized spacial score (nSPS) is 15.4. The summed E-state index contributed by atoms with van der Waals surface area (Å²) in [6, 6.07) is 50.2. The Morgan fingerprint density at radius 2 is 1.11 bits per heavy atom. The zero-order valence-corrected chi connectivity index (χ0v) is 35.2. The van der Waals surface area contributed by atoms with Gasteiger partial charge >= 0.3 is 0 Å². The summed E-state index contributed by atoms with van der Waals surface area (Å²) in [6.45, 7) is 4.85. The van der Waals surface area contributed by atoms with Crippen LogP contribution in [0.5, 0.6) is 0 Å².